The van der Waals surface area contributed by atoms with Gasteiger partial charge in [-0.15, -0.1) is 0 Å². The zero-order valence-corrected chi connectivity index (χ0v) is 9.65. The number of aromatic hydroxyl groups is 1. The number of carboxylic acid groups (broad SMARTS) is 1. The SMILES string of the molecule is CSC(=Nc1ccc(C(=O)O)cc1O)NC#N. The third-order valence-corrected chi connectivity index (χ3v) is 2.38. The first-order valence-corrected chi connectivity index (χ1v) is 5.65. The summed E-state index contributed by atoms with van der Waals surface area (Å²) in [7, 11) is 0. The molecule has 17 heavy (non-hydrogen) atoms. The topological polar surface area (TPSA) is 106 Å². The predicted molar refractivity (Wildman–Crippen MR) is 64.4 cm³/mol. The third kappa shape index (κ3) is 3.39. The molecule has 88 valence electrons. The van der Waals surface area contributed by atoms with Crippen molar-refractivity contribution in [2.75, 3.05) is 6.26 Å². The Hall–Kier alpha value is -2.20. The van der Waals surface area contributed by atoms with Gasteiger partial charge in [-0.2, -0.15) is 5.26 Å². The van der Waals surface area contributed by atoms with Crippen LogP contribution in [0.4, 0.5) is 5.69 Å². The van der Waals surface area contributed by atoms with Crippen LogP contribution in [0.1, 0.15) is 10.4 Å². The van der Waals surface area contributed by atoms with Crippen LogP contribution in [0.15, 0.2) is 23.2 Å². The lowest BCUT2D eigenvalue weighted by molar-refractivity contribution is 0.0696. The van der Waals surface area contributed by atoms with Crippen molar-refractivity contribution < 1.29 is 15.0 Å². The molecular formula is C10H9N3O3S. The van der Waals surface area contributed by atoms with E-state index in [1.54, 1.807) is 12.4 Å². The molecule has 3 N–H and O–H groups in total. The summed E-state index contributed by atoms with van der Waals surface area (Å²) in [6.45, 7) is 0. The van der Waals surface area contributed by atoms with Crippen molar-refractivity contribution in [2.24, 2.45) is 4.99 Å². The van der Waals surface area contributed by atoms with Crippen LogP contribution in [-0.2, 0) is 0 Å². The number of phenols is 1. The number of carboxylic acids is 1. The zero-order valence-electron chi connectivity index (χ0n) is 8.84. The molecule has 0 aromatic heterocycles. The Balaban J connectivity index is 3.08. The van der Waals surface area contributed by atoms with Crippen molar-refractivity contribution in [3.8, 4) is 11.9 Å². The van der Waals surface area contributed by atoms with Crippen LogP contribution in [0.2, 0.25) is 0 Å². The highest BCUT2D eigenvalue weighted by Crippen LogP contribution is 2.27. The monoisotopic (exact) mass is 251 g/mol. The van der Waals surface area contributed by atoms with E-state index >= 15 is 0 Å². The van der Waals surface area contributed by atoms with Gasteiger partial charge in [0.15, 0.2) is 11.4 Å². The molecular weight excluding hydrogens is 242 g/mol. The Bertz CT molecular complexity index is 508. The summed E-state index contributed by atoms with van der Waals surface area (Å²) in [6, 6.07) is 3.80. The van der Waals surface area contributed by atoms with Crippen molar-refractivity contribution in [1.82, 2.24) is 5.32 Å². The molecule has 0 radical (unpaired) electrons. The Morgan fingerprint density at radius 1 is 1.59 bits per heavy atom. The van der Waals surface area contributed by atoms with Crippen molar-refractivity contribution in [2.45, 2.75) is 0 Å². The molecule has 0 unspecified atom stereocenters. The molecule has 1 aromatic rings. The minimum Gasteiger partial charge on any atom is -0.506 e. The number of nitrogens with zero attached hydrogens (tertiary/aromatic N) is 2. The summed E-state index contributed by atoms with van der Waals surface area (Å²) in [6.07, 6.45) is 3.42. The number of benzene rings is 1. The lowest BCUT2D eigenvalue weighted by Gasteiger charge is -2.03. The highest BCUT2D eigenvalue weighted by Gasteiger charge is 2.07. The molecule has 0 heterocycles. The van der Waals surface area contributed by atoms with Gasteiger partial charge in [0.25, 0.3) is 0 Å². The van der Waals surface area contributed by atoms with Crippen LogP contribution in [-0.4, -0.2) is 27.6 Å². The van der Waals surface area contributed by atoms with Crippen LogP contribution >= 0.6 is 11.8 Å². The van der Waals surface area contributed by atoms with E-state index in [9.17, 15) is 9.90 Å². The molecule has 7 heteroatoms. The van der Waals surface area contributed by atoms with Crippen LogP contribution in [0.5, 0.6) is 5.75 Å². The number of phenolic OH excluding ortho intramolecular Hbond substituents is 1. The molecule has 0 bridgehead atoms. The molecule has 6 nitrogen and oxygen atoms in total. The van der Waals surface area contributed by atoms with Gasteiger partial charge in [0.2, 0.25) is 0 Å². The molecule has 1 aromatic carbocycles. The van der Waals surface area contributed by atoms with E-state index in [4.69, 9.17) is 10.4 Å². The van der Waals surface area contributed by atoms with Gasteiger partial charge in [0.05, 0.1) is 5.56 Å². The van der Waals surface area contributed by atoms with E-state index in [-0.39, 0.29) is 17.0 Å². The maximum atomic E-state index is 10.6. The first-order valence-electron chi connectivity index (χ1n) is 4.42. The van der Waals surface area contributed by atoms with E-state index in [1.807, 2.05) is 0 Å². The largest absolute Gasteiger partial charge is 0.506 e. The second-order valence-corrected chi connectivity index (χ2v) is 3.66. The normalized spacial score (nSPS) is 10.7. The Labute approximate surface area is 102 Å². The summed E-state index contributed by atoms with van der Waals surface area (Å²) in [5.74, 6) is -1.38. The minimum atomic E-state index is -1.13. The van der Waals surface area contributed by atoms with Crippen molar-refractivity contribution >= 4 is 28.6 Å². The number of carbonyl (C=O) groups is 1. The third-order valence-electron chi connectivity index (χ3n) is 1.80. The molecule has 0 saturated heterocycles. The van der Waals surface area contributed by atoms with Crippen molar-refractivity contribution in [1.29, 1.82) is 5.26 Å². The van der Waals surface area contributed by atoms with Crippen molar-refractivity contribution in [3.05, 3.63) is 23.8 Å². The zero-order chi connectivity index (χ0) is 12.8. The molecule has 0 fully saturated rings. The van der Waals surface area contributed by atoms with E-state index in [1.165, 1.54) is 23.9 Å². The van der Waals surface area contributed by atoms with E-state index in [0.717, 1.165) is 6.07 Å². The molecule has 0 spiro atoms. The fraction of sp³-hybridized carbons (Fsp3) is 0.100. The number of hydrogen-bond acceptors (Lipinski definition) is 5. The number of amidine groups is 1. The van der Waals surface area contributed by atoms with E-state index in [2.05, 4.69) is 10.3 Å². The first kappa shape index (κ1) is 12.9. The Kier molecular flexibility index (Phi) is 4.37. The van der Waals surface area contributed by atoms with Gasteiger partial charge in [0.1, 0.15) is 11.4 Å². The fourth-order valence-electron chi connectivity index (χ4n) is 1.03. The van der Waals surface area contributed by atoms with E-state index in [0.29, 0.717) is 5.17 Å². The standard InChI is InChI=1S/C10H9N3O3S/c1-17-10(12-5-11)13-7-3-2-6(9(15)16)4-8(7)14/h2-4,14H,1H3,(H,12,13)(H,15,16). The number of hydrogen-bond donors (Lipinski definition) is 3. The average Bonchev–Trinajstić information content (AvgIpc) is 2.30. The van der Waals surface area contributed by atoms with Gasteiger partial charge in [0, 0.05) is 0 Å². The molecule has 0 atom stereocenters. The lowest BCUT2D eigenvalue weighted by atomic mass is 10.2. The van der Waals surface area contributed by atoms with Gasteiger partial charge in [-0.25, -0.2) is 9.79 Å². The smallest absolute Gasteiger partial charge is 0.335 e. The van der Waals surface area contributed by atoms with Gasteiger partial charge in [-0.1, -0.05) is 11.8 Å². The summed E-state index contributed by atoms with van der Waals surface area (Å²) in [4.78, 5) is 14.6. The highest BCUT2D eigenvalue weighted by molar-refractivity contribution is 8.13. The van der Waals surface area contributed by atoms with Crippen LogP contribution < -0.4 is 5.32 Å². The summed E-state index contributed by atoms with van der Waals surface area (Å²) >= 11 is 1.20. The predicted octanol–water partition coefficient (Wildman–Crippen LogP) is 1.51. The maximum Gasteiger partial charge on any atom is 0.335 e. The number of aliphatic imine (C=N–C) groups is 1. The Morgan fingerprint density at radius 3 is 2.76 bits per heavy atom. The summed E-state index contributed by atoms with van der Waals surface area (Å²) < 4.78 is 0. The average molecular weight is 251 g/mol. The van der Waals surface area contributed by atoms with E-state index < -0.39 is 5.97 Å². The van der Waals surface area contributed by atoms with Gasteiger partial charge < -0.3 is 10.2 Å². The number of thioether (sulfide) groups is 1. The lowest BCUT2D eigenvalue weighted by Crippen LogP contribution is -2.12. The quantitative estimate of drug-likeness (QED) is 0.318. The van der Waals surface area contributed by atoms with Crippen LogP contribution in [0.25, 0.3) is 0 Å². The summed E-state index contributed by atoms with van der Waals surface area (Å²) in [5, 5.41) is 29.4. The van der Waals surface area contributed by atoms with Crippen LogP contribution in [0.3, 0.4) is 0 Å². The van der Waals surface area contributed by atoms with Gasteiger partial charge in [-0.3, -0.25) is 5.32 Å². The molecule has 0 amide bonds. The molecule has 0 aliphatic rings. The fourth-order valence-corrected chi connectivity index (χ4v) is 1.37. The molecule has 1 rings (SSSR count). The second kappa shape index (κ2) is 5.77. The van der Waals surface area contributed by atoms with Crippen LogP contribution in [0, 0.1) is 11.5 Å². The summed E-state index contributed by atoms with van der Waals surface area (Å²) in [5.41, 5.74) is 0.169. The molecule has 0 aliphatic heterocycles. The van der Waals surface area contributed by atoms with Gasteiger partial charge in [-0.05, 0) is 24.5 Å². The Morgan fingerprint density at radius 2 is 2.29 bits per heavy atom. The number of aromatic carboxylic acids is 1. The molecule has 0 aliphatic carbocycles. The first-order chi connectivity index (χ1) is 8.08. The number of nitriles is 1. The molecule has 0 saturated carbocycles. The number of rotatable bonds is 2. The highest BCUT2D eigenvalue weighted by atomic mass is 32.2. The minimum absolute atomic E-state index is 0.0274. The number of nitrogens with one attached hydrogen (secondary N) is 1. The van der Waals surface area contributed by atoms with Crippen molar-refractivity contribution in [3.63, 3.8) is 0 Å². The van der Waals surface area contributed by atoms with Gasteiger partial charge >= 0.3 is 5.97 Å². The maximum absolute atomic E-state index is 10.6. The second-order valence-electron chi connectivity index (χ2n) is 2.87.